The van der Waals surface area contributed by atoms with Crippen LogP contribution >= 0.6 is 0 Å². The molecular formula is C18H22N2O3. The van der Waals surface area contributed by atoms with Crippen LogP contribution in [0.5, 0.6) is 5.75 Å². The Hall–Kier alpha value is -2.27. The Labute approximate surface area is 136 Å². The minimum absolute atomic E-state index is 0.0786. The van der Waals surface area contributed by atoms with Gasteiger partial charge in [0.25, 0.3) is 5.91 Å². The summed E-state index contributed by atoms with van der Waals surface area (Å²) < 4.78 is 11.2. The van der Waals surface area contributed by atoms with Crippen LogP contribution in [0.1, 0.15) is 29.5 Å². The number of amides is 1. The van der Waals surface area contributed by atoms with E-state index < -0.39 is 0 Å². The molecule has 1 saturated heterocycles. The molecule has 2 aromatic rings. The van der Waals surface area contributed by atoms with Gasteiger partial charge in [0, 0.05) is 18.2 Å². The van der Waals surface area contributed by atoms with Crippen molar-refractivity contribution in [3.8, 4) is 5.75 Å². The van der Waals surface area contributed by atoms with E-state index in [2.05, 4.69) is 6.92 Å². The van der Waals surface area contributed by atoms with E-state index in [1.54, 1.807) is 6.07 Å². The highest BCUT2D eigenvalue weighted by molar-refractivity contribution is 5.93. The SMILES string of the molecule is CC1CC(CN)CN1C(=O)c1occc1COc1ccccc1. The summed E-state index contributed by atoms with van der Waals surface area (Å²) in [6.07, 6.45) is 2.48. The van der Waals surface area contributed by atoms with Crippen LogP contribution in [0.3, 0.4) is 0 Å². The number of hydrogen-bond acceptors (Lipinski definition) is 4. The van der Waals surface area contributed by atoms with Crippen LogP contribution in [0, 0.1) is 5.92 Å². The first-order chi connectivity index (χ1) is 11.2. The number of furan rings is 1. The molecule has 23 heavy (non-hydrogen) atoms. The van der Waals surface area contributed by atoms with Crippen LogP contribution in [0.4, 0.5) is 0 Å². The fourth-order valence-electron chi connectivity index (χ4n) is 3.04. The lowest BCUT2D eigenvalue weighted by atomic mass is 10.1. The summed E-state index contributed by atoms with van der Waals surface area (Å²) >= 11 is 0. The summed E-state index contributed by atoms with van der Waals surface area (Å²) in [5, 5.41) is 0. The van der Waals surface area contributed by atoms with Gasteiger partial charge in [-0.3, -0.25) is 4.79 Å². The highest BCUT2D eigenvalue weighted by atomic mass is 16.5. The molecule has 122 valence electrons. The number of carbonyl (C=O) groups excluding carboxylic acids is 1. The zero-order valence-corrected chi connectivity index (χ0v) is 13.3. The molecule has 0 spiro atoms. The molecule has 5 nitrogen and oxygen atoms in total. The topological polar surface area (TPSA) is 68.7 Å². The van der Waals surface area contributed by atoms with Gasteiger partial charge in [0.2, 0.25) is 0 Å². The first kappa shape index (κ1) is 15.6. The van der Waals surface area contributed by atoms with Gasteiger partial charge >= 0.3 is 0 Å². The maximum atomic E-state index is 12.7. The lowest BCUT2D eigenvalue weighted by molar-refractivity contribution is 0.0707. The molecule has 1 amide bonds. The molecule has 0 radical (unpaired) electrons. The van der Waals surface area contributed by atoms with E-state index in [0.29, 0.717) is 31.4 Å². The smallest absolute Gasteiger partial charge is 0.290 e. The summed E-state index contributed by atoms with van der Waals surface area (Å²) in [4.78, 5) is 14.6. The highest BCUT2D eigenvalue weighted by Gasteiger charge is 2.34. The largest absolute Gasteiger partial charge is 0.489 e. The van der Waals surface area contributed by atoms with Gasteiger partial charge in [-0.2, -0.15) is 0 Å². The van der Waals surface area contributed by atoms with Gasteiger partial charge in [0.15, 0.2) is 5.76 Å². The van der Waals surface area contributed by atoms with Crippen molar-refractivity contribution in [2.75, 3.05) is 13.1 Å². The van der Waals surface area contributed by atoms with Gasteiger partial charge < -0.3 is 19.8 Å². The second-order valence-corrected chi connectivity index (χ2v) is 6.02. The predicted octanol–water partition coefficient (Wildman–Crippen LogP) is 2.67. The zero-order valence-electron chi connectivity index (χ0n) is 13.3. The van der Waals surface area contributed by atoms with Crippen molar-refractivity contribution in [2.24, 2.45) is 11.7 Å². The summed E-state index contributed by atoms with van der Waals surface area (Å²) in [6.45, 7) is 3.66. The monoisotopic (exact) mass is 314 g/mol. The molecule has 1 aliphatic rings. The van der Waals surface area contributed by atoms with Gasteiger partial charge in [-0.25, -0.2) is 0 Å². The molecule has 2 N–H and O–H groups in total. The molecule has 1 aliphatic heterocycles. The van der Waals surface area contributed by atoms with Crippen LogP contribution in [-0.2, 0) is 6.61 Å². The summed E-state index contributed by atoms with van der Waals surface area (Å²) in [5.41, 5.74) is 6.50. The molecule has 0 aliphatic carbocycles. The highest BCUT2D eigenvalue weighted by Crippen LogP contribution is 2.26. The number of carbonyl (C=O) groups is 1. The summed E-state index contributed by atoms with van der Waals surface area (Å²) in [6, 6.07) is 11.5. The molecule has 0 saturated carbocycles. The maximum Gasteiger partial charge on any atom is 0.290 e. The van der Waals surface area contributed by atoms with Crippen LogP contribution < -0.4 is 10.5 Å². The molecule has 1 aromatic carbocycles. The van der Waals surface area contributed by atoms with Gasteiger partial charge in [0.1, 0.15) is 12.4 Å². The fraction of sp³-hybridized carbons (Fsp3) is 0.389. The first-order valence-electron chi connectivity index (χ1n) is 7.94. The Morgan fingerprint density at radius 1 is 1.35 bits per heavy atom. The van der Waals surface area contributed by atoms with E-state index in [1.165, 1.54) is 6.26 Å². The number of rotatable bonds is 5. The number of ether oxygens (including phenoxy) is 1. The molecule has 2 atom stereocenters. The number of likely N-dealkylation sites (tertiary alicyclic amines) is 1. The zero-order chi connectivity index (χ0) is 16.2. The van der Waals surface area contributed by atoms with Crippen LogP contribution in [0.25, 0.3) is 0 Å². The van der Waals surface area contributed by atoms with E-state index in [0.717, 1.165) is 17.7 Å². The minimum Gasteiger partial charge on any atom is -0.489 e. The number of para-hydroxylation sites is 1. The predicted molar refractivity (Wildman–Crippen MR) is 87.1 cm³/mol. The Kier molecular flexibility index (Phi) is 4.67. The maximum absolute atomic E-state index is 12.7. The Balaban J connectivity index is 1.69. The summed E-state index contributed by atoms with van der Waals surface area (Å²) in [5.74, 6) is 1.42. The quantitative estimate of drug-likeness (QED) is 0.921. The first-order valence-corrected chi connectivity index (χ1v) is 7.94. The van der Waals surface area contributed by atoms with Crippen molar-refractivity contribution in [2.45, 2.75) is 26.0 Å². The summed E-state index contributed by atoms with van der Waals surface area (Å²) in [7, 11) is 0. The normalized spacial score (nSPS) is 20.7. The second-order valence-electron chi connectivity index (χ2n) is 6.02. The van der Waals surface area contributed by atoms with E-state index in [-0.39, 0.29) is 11.9 Å². The second kappa shape index (κ2) is 6.87. The average Bonchev–Trinajstić information content (AvgIpc) is 3.19. The molecule has 3 rings (SSSR count). The van der Waals surface area contributed by atoms with Crippen molar-refractivity contribution < 1.29 is 13.9 Å². The molecule has 0 bridgehead atoms. The van der Waals surface area contributed by atoms with Crippen molar-refractivity contribution in [3.63, 3.8) is 0 Å². The standard InChI is InChI=1S/C18H22N2O3/c1-13-9-14(10-19)11-20(13)18(21)17-15(7-8-22-17)12-23-16-5-3-2-4-6-16/h2-8,13-14H,9-12,19H2,1H3. The lowest BCUT2D eigenvalue weighted by Gasteiger charge is -2.20. The molecular weight excluding hydrogens is 292 g/mol. The van der Waals surface area contributed by atoms with Gasteiger partial charge in [0.05, 0.1) is 6.26 Å². The Bertz CT molecular complexity index is 653. The van der Waals surface area contributed by atoms with E-state index in [1.807, 2.05) is 35.2 Å². The van der Waals surface area contributed by atoms with Gasteiger partial charge in [-0.05, 0) is 44.0 Å². The van der Waals surface area contributed by atoms with Crippen molar-refractivity contribution >= 4 is 5.91 Å². The third kappa shape index (κ3) is 3.40. The molecule has 1 fully saturated rings. The van der Waals surface area contributed by atoms with Gasteiger partial charge in [-0.15, -0.1) is 0 Å². The fourth-order valence-corrected chi connectivity index (χ4v) is 3.04. The number of nitrogens with zero attached hydrogens (tertiary/aromatic N) is 1. The van der Waals surface area contributed by atoms with Gasteiger partial charge in [-0.1, -0.05) is 18.2 Å². The minimum atomic E-state index is -0.0786. The number of benzene rings is 1. The Morgan fingerprint density at radius 3 is 2.83 bits per heavy atom. The van der Waals surface area contributed by atoms with E-state index in [4.69, 9.17) is 14.9 Å². The lowest BCUT2D eigenvalue weighted by Crippen LogP contribution is -2.34. The average molecular weight is 314 g/mol. The third-order valence-corrected chi connectivity index (χ3v) is 4.33. The van der Waals surface area contributed by atoms with Crippen molar-refractivity contribution in [1.82, 2.24) is 4.90 Å². The molecule has 2 unspecified atom stereocenters. The van der Waals surface area contributed by atoms with Crippen LogP contribution in [0.15, 0.2) is 47.1 Å². The van der Waals surface area contributed by atoms with Crippen LogP contribution in [0.2, 0.25) is 0 Å². The molecule has 1 aromatic heterocycles. The van der Waals surface area contributed by atoms with Crippen molar-refractivity contribution in [1.29, 1.82) is 0 Å². The van der Waals surface area contributed by atoms with Crippen LogP contribution in [-0.4, -0.2) is 29.9 Å². The molecule has 2 heterocycles. The van der Waals surface area contributed by atoms with E-state index in [9.17, 15) is 4.79 Å². The molecule has 5 heteroatoms. The number of nitrogens with two attached hydrogens (primary N) is 1. The Morgan fingerprint density at radius 2 is 2.13 bits per heavy atom. The van der Waals surface area contributed by atoms with Crippen molar-refractivity contribution in [3.05, 3.63) is 54.0 Å². The number of hydrogen-bond donors (Lipinski definition) is 1. The van der Waals surface area contributed by atoms with E-state index >= 15 is 0 Å². The third-order valence-electron chi connectivity index (χ3n) is 4.33.